The molecule has 0 aliphatic carbocycles. The van der Waals surface area contributed by atoms with Gasteiger partial charge in [-0.3, -0.25) is 10.2 Å². The molecule has 9 heteroatoms. The van der Waals surface area contributed by atoms with Gasteiger partial charge in [0.25, 0.3) is 0 Å². The number of ether oxygens (including phenoxy) is 1. The summed E-state index contributed by atoms with van der Waals surface area (Å²) in [6, 6.07) is 10.6. The minimum atomic E-state index is -4.42. The van der Waals surface area contributed by atoms with Gasteiger partial charge in [0.05, 0.1) is 11.6 Å². The van der Waals surface area contributed by atoms with Gasteiger partial charge < -0.3 is 21.1 Å². The first-order valence-corrected chi connectivity index (χ1v) is 8.55. The van der Waals surface area contributed by atoms with Crippen molar-refractivity contribution in [2.24, 2.45) is 5.73 Å². The van der Waals surface area contributed by atoms with E-state index in [1.54, 1.807) is 24.3 Å². The van der Waals surface area contributed by atoms with Crippen LogP contribution in [0.1, 0.15) is 17.5 Å². The van der Waals surface area contributed by atoms with Crippen LogP contribution in [0.25, 0.3) is 0 Å². The van der Waals surface area contributed by atoms with E-state index in [4.69, 9.17) is 15.9 Å². The van der Waals surface area contributed by atoms with Crippen LogP contribution in [0.2, 0.25) is 0 Å². The highest BCUT2D eigenvalue weighted by atomic mass is 19.4. The van der Waals surface area contributed by atoms with Gasteiger partial charge in [-0.2, -0.15) is 13.2 Å². The average Bonchev–Trinajstić information content (AvgIpc) is 3.10. The number of alkyl halides is 3. The molecule has 1 amide bonds. The molecule has 0 aromatic heterocycles. The molecule has 1 fully saturated rings. The van der Waals surface area contributed by atoms with Crippen LogP contribution in [0.3, 0.4) is 0 Å². The van der Waals surface area contributed by atoms with Gasteiger partial charge in [0.2, 0.25) is 5.91 Å². The number of carbonyl (C=O) groups excluding carboxylic acids is 1. The maximum absolute atomic E-state index is 12.6. The number of nitrogens with one attached hydrogen (secondary N) is 3. The fourth-order valence-corrected chi connectivity index (χ4v) is 2.89. The quantitative estimate of drug-likeness (QED) is 0.464. The molecule has 148 valence electrons. The lowest BCUT2D eigenvalue weighted by atomic mass is 10.1. The van der Waals surface area contributed by atoms with Crippen LogP contribution >= 0.6 is 0 Å². The van der Waals surface area contributed by atoms with Gasteiger partial charge >= 0.3 is 6.18 Å². The van der Waals surface area contributed by atoms with E-state index in [-0.39, 0.29) is 17.8 Å². The van der Waals surface area contributed by atoms with Crippen molar-refractivity contribution in [1.82, 2.24) is 5.32 Å². The van der Waals surface area contributed by atoms with E-state index < -0.39 is 17.8 Å². The number of benzene rings is 2. The lowest BCUT2D eigenvalue weighted by Crippen LogP contribution is -2.35. The number of hydrogen-bond acceptors (Lipinski definition) is 4. The zero-order valence-electron chi connectivity index (χ0n) is 14.7. The normalized spacial score (nSPS) is 19.2. The monoisotopic (exact) mass is 392 g/mol. The molecule has 0 spiro atoms. The third-order valence-corrected chi connectivity index (χ3v) is 4.33. The minimum Gasteiger partial charge on any atom is -0.489 e. The lowest BCUT2D eigenvalue weighted by Gasteiger charge is -2.14. The zero-order chi connectivity index (χ0) is 20.3. The van der Waals surface area contributed by atoms with Gasteiger partial charge in [0.1, 0.15) is 17.7 Å². The molecule has 2 unspecified atom stereocenters. The molecule has 2 aromatic carbocycles. The van der Waals surface area contributed by atoms with E-state index in [9.17, 15) is 18.0 Å². The molecular weight excluding hydrogens is 373 g/mol. The number of rotatable bonds is 5. The number of hydrogen-bond donors (Lipinski definition) is 4. The number of anilines is 1. The summed E-state index contributed by atoms with van der Waals surface area (Å²) in [6.07, 6.45) is -4.28. The van der Waals surface area contributed by atoms with Gasteiger partial charge in [-0.1, -0.05) is 12.1 Å². The van der Waals surface area contributed by atoms with E-state index in [2.05, 4.69) is 10.6 Å². The van der Waals surface area contributed by atoms with E-state index in [0.717, 1.165) is 12.1 Å². The third-order valence-electron chi connectivity index (χ3n) is 4.33. The molecular formula is C19H19F3N4O2. The summed E-state index contributed by atoms with van der Waals surface area (Å²) in [5, 5.41) is 13.1. The van der Waals surface area contributed by atoms with Crippen molar-refractivity contribution in [2.45, 2.75) is 24.7 Å². The van der Waals surface area contributed by atoms with Crippen molar-refractivity contribution in [1.29, 1.82) is 5.41 Å². The molecule has 0 saturated carbocycles. The number of halogens is 3. The highest BCUT2D eigenvalue weighted by molar-refractivity contribution is 5.95. The van der Waals surface area contributed by atoms with E-state index in [0.29, 0.717) is 30.0 Å². The molecule has 6 nitrogen and oxygen atoms in total. The van der Waals surface area contributed by atoms with Gasteiger partial charge in [0, 0.05) is 24.2 Å². The second-order valence-corrected chi connectivity index (χ2v) is 6.44. The first-order chi connectivity index (χ1) is 13.2. The molecule has 5 N–H and O–H groups in total. The Morgan fingerprint density at radius 2 is 1.93 bits per heavy atom. The third kappa shape index (κ3) is 4.80. The Morgan fingerprint density at radius 1 is 1.21 bits per heavy atom. The second-order valence-electron chi connectivity index (χ2n) is 6.44. The Labute approximate surface area is 159 Å². The summed E-state index contributed by atoms with van der Waals surface area (Å²) >= 11 is 0. The number of nitrogens with two attached hydrogens (primary N) is 1. The van der Waals surface area contributed by atoms with E-state index >= 15 is 0 Å². The van der Waals surface area contributed by atoms with Crippen molar-refractivity contribution in [3.8, 4) is 5.75 Å². The summed E-state index contributed by atoms with van der Waals surface area (Å²) in [6.45, 7) is 0.440. The van der Waals surface area contributed by atoms with Gasteiger partial charge in [-0.05, 0) is 36.4 Å². The van der Waals surface area contributed by atoms with Crippen LogP contribution in [0.15, 0.2) is 48.5 Å². The Morgan fingerprint density at radius 3 is 2.57 bits per heavy atom. The number of amidine groups is 1. The molecule has 0 bridgehead atoms. The van der Waals surface area contributed by atoms with Crippen LogP contribution in [-0.4, -0.2) is 30.4 Å². The number of carbonyl (C=O) groups is 1. The second kappa shape index (κ2) is 7.89. The van der Waals surface area contributed by atoms with Crippen molar-refractivity contribution >= 4 is 17.4 Å². The Hall–Kier alpha value is -3.07. The highest BCUT2D eigenvalue weighted by Crippen LogP contribution is 2.30. The molecule has 3 rings (SSSR count). The predicted octanol–water partition coefficient (Wildman–Crippen LogP) is 2.74. The lowest BCUT2D eigenvalue weighted by molar-refractivity contribution is -0.137. The van der Waals surface area contributed by atoms with Gasteiger partial charge in [-0.25, -0.2) is 0 Å². The smallest absolute Gasteiger partial charge is 0.416 e. The van der Waals surface area contributed by atoms with Crippen molar-refractivity contribution in [3.05, 3.63) is 59.7 Å². The molecule has 1 aliphatic heterocycles. The van der Waals surface area contributed by atoms with Crippen LogP contribution in [0.4, 0.5) is 18.9 Å². The first kappa shape index (κ1) is 19.7. The van der Waals surface area contributed by atoms with Crippen LogP contribution in [-0.2, 0) is 11.0 Å². The molecule has 1 saturated heterocycles. The van der Waals surface area contributed by atoms with E-state index in [1.165, 1.54) is 12.1 Å². The average molecular weight is 392 g/mol. The molecule has 2 atom stereocenters. The molecule has 2 aromatic rings. The summed E-state index contributed by atoms with van der Waals surface area (Å²) in [7, 11) is 0. The fourth-order valence-electron chi connectivity index (χ4n) is 2.89. The van der Waals surface area contributed by atoms with Crippen LogP contribution in [0.5, 0.6) is 5.75 Å². The molecule has 28 heavy (non-hydrogen) atoms. The van der Waals surface area contributed by atoms with Crippen molar-refractivity contribution in [3.63, 3.8) is 0 Å². The summed E-state index contributed by atoms with van der Waals surface area (Å²) < 4.78 is 43.6. The van der Waals surface area contributed by atoms with Crippen molar-refractivity contribution in [2.75, 3.05) is 11.9 Å². The minimum absolute atomic E-state index is 0.0659. The molecule has 1 heterocycles. The first-order valence-electron chi connectivity index (χ1n) is 8.55. The highest BCUT2D eigenvalue weighted by Gasteiger charge is 2.32. The van der Waals surface area contributed by atoms with Crippen LogP contribution < -0.4 is 21.1 Å². The SMILES string of the molecule is N=C(N)c1cccc(OC2CNC(C(=O)Nc3ccc(C(F)(F)F)cc3)C2)c1. The summed E-state index contributed by atoms with van der Waals surface area (Å²) in [4.78, 5) is 12.3. The standard InChI is InChI=1S/C19H19F3N4O2/c20-19(21,22)12-4-6-13(7-5-12)26-18(27)16-9-15(10-25-16)28-14-3-1-2-11(8-14)17(23)24/h1-8,15-16,25H,9-10H2,(H3,23,24)(H,26,27). The predicted molar refractivity (Wildman–Crippen MR) is 98.4 cm³/mol. The zero-order valence-corrected chi connectivity index (χ0v) is 14.7. The number of nitrogen functional groups attached to an aromatic ring is 1. The maximum Gasteiger partial charge on any atom is 0.416 e. The molecule has 1 aliphatic rings. The maximum atomic E-state index is 12.6. The Kier molecular flexibility index (Phi) is 5.55. The summed E-state index contributed by atoms with van der Waals surface area (Å²) in [5.41, 5.74) is 5.52. The number of amides is 1. The largest absolute Gasteiger partial charge is 0.489 e. The van der Waals surface area contributed by atoms with Crippen LogP contribution in [0, 0.1) is 5.41 Å². The molecule has 0 radical (unpaired) electrons. The topological polar surface area (TPSA) is 100 Å². The van der Waals surface area contributed by atoms with E-state index in [1.807, 2.05) is 0 Å². The summed E-state index contributed by atoms with van der Waals surface area (Å²) in [5.74, 6) is 0.135. The van der Waals surface area contributed by atoms with Crippen molar-refractivity contribution < 1.29 is 22.7 Å². The van der Waals surface area contributed by atoms with Gasteiger partial charge in [-0.15, -0.1) is 0 Å². The Balaban J connectivity index is 1.55. The van der Waals surface area contributed by atoms with Gasteiger partial charge in [0.15, 0.2) is 0 Å². The fraction of sp³-hybridized carbons (Fsp3) is 0.263. The Bertz CT molecular complexity index is 868.